The first-order valence-corrected chi connectivity index (χ1v) is 8.52. The summed E-state index contributed by atoms with van der Waals surface area (Å²) >= 11 is 5.80. The number of piperazine rings is 1. The largest absolute Gasteiger partial charge is 0.370 e. The van der Waals surface area contributed by atoms with Crippen LogP contribution in [0.3, 0.4) is 0 Å². The van der Waals surface area contributed by atoms with E-state index in [0.717, 1.165) is 19.0 Å². The van der Waals surface area contributed by atoms with E-state index in [1.807, 2.05) is 0 Å². The van der Waals surface area contributed by atoms with Crippen molar-refractivity contribution < 1.29 is 4.74 Å². The molecular formula is C15H27ClN2O. The van der Waals surface area contributed by atoms with Crippen LogP contribution in [-0.4, -0.2) is 66.7 Å². The van der Waals surface area contributed by atoms with Crippen LogP contribution in [0.5, 0.6) is 0 Å². The third kappa shape index (κ3) is 3.44. The molecule has 0 bridgehead atoms. The van der Waals surface area contributed by atoms with Gasteiger partial charge in [0.1, 0.15) is 0 Å². The standard InChI is InChI=1S/C15H27ClN2O/c16-7-8-17-9-11-18(12-10-17)13-14-3-6-15(19-14)4-1-2-5-15/h14H,1-13H2. The van der Waals surface area contributed by atoms with Gasteiger partial charge in [0.15, 0.2) is 0 Å². The molecule has 2 aliphatic heterocycles. The number of hydrogen-bond acceptors (Lipinski definition) is 3. The van der Waals surface area contributed by atoms with Crippen molar-refractivity contribution >= 4 is 11.6 Å². The second-order valence-electron chi connectivity index (χ2n) is 6.50. The zero-order valence-corrected chi connectivity index (χ0v) is 12.7. The van der Waals surface area contributed by atoms with Crippen LogP contribution in [0.2, 0.25) is 0 Å². The molecule has 1 saturated carbocycles. The predicted molar refractivity (Wildman–Crippen MR) is 78.9 cm³/mol. The zero-order valence-electron chi connectivity index (χ0n) is 12.0. The molecule has 2 heterocycles. The number of ether oxygens (including phenoxy) is 1. The molecular weight excluding hydrogens is 260 g/mol. The molecule has 3 nitrogen and oxygen atoms in total. The van der Waals surface area contributed by atoms with Crippen molar-refractivity contribution in [2.24, 2.45) is 0 Å². The minimum Gasteiger partial charge on any atom is -0.370 e. The normalized spacial score (nSPS) is 32.4. The first-order valence-electron chi connectivity index (χ1n) is 7.98. The Balaban J connectivity index is 1.41. The van der Waals surface area contributed by atoms with Crippen LogP contribution in [-0.2, 0) is 4.74 Å². The van der Waals surface area contributed by atoms with Crippen LogP contribution in [0.1, 0.15) is 38.5 Å². The molecule has 0 N–H and O–H groups in total. The number of hydrogen-bond donors (Lipinski definition) is 0. The number of rotatable bonds is 4. The Morgan fingerprint density at radius 1 is 1.00 bits per heavy atom. The Bertz CT molecular complexity index is 286. The Hall–Kier alpha value is 0.170. The number of alkyl halides is 1. The van der Waals surface area contributed by atoms with E-state index in [-0.39, 0.29) is 0 Å². The second kappa shape index (κ2) is 6.30. The molecule has 19 heavy (non-hydrogen) atoms. The van der Waals surface area contributed by atoms with E-state index in [1.54, 1.807) is 0 Å². The summed E-state index contributed by atoms with van der Waals surface area (Å²) in [6.07, 6.45) is 8.47. The van der Waals surface area contributed by atoms with Crippen LogP contribution < -0.4 is 0 Å². The first-order chi connectivity index (χ1) is 9.30. The molecule has 110 valence electrons. The highest BCUT2D eigenvalue weighted by Crippen LogP contribution is 2.43. The molecule has 3 aliphatic rings. The molecule has 1 spiro atoms. The van der Waals surface area contributed by atoms with E-state index < -0.39 is 0 Å². The van der Waals surface area contributed by atoms with Gasteiger partial charge >= 0.3 is 0 Å². The maximum Gasteiger partial charge on any atom is 0.0710 e. The van der Waals surface area contributed by atoms with Crippen molar-refractivity contribution in [3.8, 4) is 0 Å². The van der Waals surface area contributed by atoms with E-state index in [0.29, 0.717) is 11.7 Å². The minimum atomic E-state index is 0.297. The van der Waals surface area contributed by atoms with Gasteiger partial charge < -0.3 is 4.74 Å². The van der Waals surface area contributed by atoms with Gasteiger partial charge in [-0.05, 0) is 25.7 Å². The quantitative estimate of drug-likeness (QED) is 0.738. The van der Waals surface area contributed by atoms with E-state index >= 15 is 0 Å². The van der Waals surface area contributed by atoms with Gasteiger partial charge in [0.25, 0.3) is 0 Å². The van der Waals surface area contributed by atoms with Gasteiger partial charge in [0.2, 0.25) is 0 Å². The van der Waals surface area contributed by atoms with Crippen LogP contribution in [0, 0.1) is 0 Å². The lowest BCUT2D eigenvalue weighted by Gasteiger charge is -2.35. The van der Waals surface area contributed by atoms with Crippen molar-refractivity contribution in [1.82, 2.24) is 9.80 Å². The zero-order chi connectivity index (χ0) is 13.1. The summed E-state index contributed by atoms with van der Waals surface area (Å²) in [6, 6.07) is 0. The third-order valence-electron chi connectivity index (χ3n) is 5.18. The summed E-state index contributed by atoms with van der Waals surface area (Å²) in [6.45, 7) is 6.90. The molecule has 0 aromatic heterocycles. The molecule has 3 rings (SSSR count). The van der Waals surface area contributed by atoms with Crippen molar-refractivity contribution in [2.45, 2.75) is 50.2 Å². The Labute approximate surface area is 122 Å². The fourth-order valence-corrected chi connectivity index (χ4v) is 4.25. The lowest BCUT2D eigenvalue weighted by molar-refractivity contribution is -0.0508. The smallest absolute Gasteiger partial charge is 0.0710 e. The van der Waals surface area contributed by atoms with Gasteiger partial charge in [-0.25, -0.2) is 0 Å². The summed E-state index contributed by atoms with van der Waals surface area (Å²) < 4.78 is 6.41. The van der Waals surface area contributed by atoms with E-state index in [9.17, 15) is 0 Å². The van der Waals surface area contributed by atoms with Crippen molar-refractivity contribution in [1.29, 1.82) is 0 Å². The number of nitrogens with zero attached hydrogens (tertiary/aromatic N) is 2. The molecule has 1 atom stereocenters. The number of halogens is 1. The molecule has 0 aromatic rings. The third-order valence-corrected chi connectivity index (χ3v) is 5.35. The highest BCUT2D eigenvalue weighted by molar-refractivity contribution is 6.18. The summed E-state index contributed by atoms with van der Waals surface area (Å²) in [4.78, 5) is 5.06. The van der Waals surface area contributed by atoms with Crippen molar-refractivity contribution in [3.63, 3.8) is 0 Å². The fourth-order valence-electron chi connectivity index (χ4n) is 4.01. The highest BCUT2D eigenvalue weighted by Gasteiger charge is 2.42. The first kappa shape index (κ1) is 14.1. The highest BCUT2D eigenvalue weighted by atomic mass is 35.5. The predicted octanol–water partition coefficient (Wildman–Crippen LogP) is 2.33. The monoisotopic (exact) mass is 286 g/mol. The van der Waals surface area contributed by atoms with Gasteiger partial charge in [0.05, 0.1) is 11.7 Å². The van der Waals surface area contributed by atoms with Gasteiger partial charge in [0, 0.05) is 45.1 Å². The van der Waals surface area contributed by atoms with Gasteiger partial charge in [-0.15, -0.1) is 11.6 Å². The topological polar surface area (TPSA) is 15.7 Å². The average molecular weight is 287 g/mol. The average Bonchev–Trinajstić information content (AvgIpc) is 3.03. The molecule has 4 heteroatoms. The van der Waals surface area contributed by atoms with Crippen LogP contribution in [0.25, 0.3) is 0 Å². The van der Waals surface area contributed by atoms with Crippen molar-refractivity contribution in [3.05, 3.63) is 0 Å². The Morgan fingerprint density at radius 3 is 2.37 bits per heavy atom. The Kier molecular flexibility index (Phi) is 4.68. The van der Waals surface area contributed by atoms with E-state index in [4.69, 9.17) is 16.3 Å². The SMILES string of the molecule is ClCCN1CCN(CC2CCC3(CCCC3)O2)CC1. The Morgan fingerprint density at radius 2 is 1.68 bits per heavy atom. The lowest BCUT2D eigenvalue weighted by atomic mass is 9.98. The summed E-state index contributed by atoms with van der Waals surface area (Å²) in [7, 11) is 0. The summed E-state index contributed by atoms with van der Waals surface area (Å²) in [5, 5.41) is 0. The molecule has 3 fully saturated rings. The maximum absolute atomic E-state index is 6.41. The second-order valence-corrected chi connectivity index (χ2v) is 6.88. The molecule has 0 aromatic carbocycles. The van der Waals surface area contributed by atoms with Crippen LogP contribution in [0.4, 0.5) is 0 Å². The van der Waals surface area contributed by atoms with E-state index in [1.165, 1.54) is 64.7 Å². The lowest BCUT2D eigenvalue weighted by Crippen LogP contribution is -2.49. The van der Waals surface area contributed by atoms with E-state index in [2.05, 4.69) is 9.80 Å². The minimum absolute atomic E-state index is 0.297. The van der Waals surface area contributed by atoms with Gasteiger partial charge in [-0.3, -0.25) is 9.80 Å². The van der Waals surface area contributed by atoms with Gasteiger partial charge in [-0.1, -0.05) is 12.8 Å². The molecule has 1 unspecified atom stereocenters. The molecule has 1 aliphatic carbocycles. The molecule has 0 radical (unpaired) electrons. The molecule has 0 amide bonds. The maximum atomic E-state index is 6.41. The molecule has 2 saturated heterocycles. The fraction of sp³-hybridized carbons (Fsp3) is 1.00. The van der Waals surface area contributed by atoms with Gasteiger partial charge in [-0.2, -0.15) is 0 Å². The van der Waals surface area contributed by atoms with Crippen LogP contribution in [0.15, 0.2) is 0 Å². The van der Waals surface area contributed by atoms with Crippen LogP contribution >= 0.6 is 11.6 Å². The van der Waals surface area contributed by atoms with Crippen molar-refractivity contribution in [2.75, 3.05) is 45.1 Å². The summed E-state index contributed by atoms with van der Waals surface area (Å²) in [5.74, 6) is 0.758. The summed E-state index contributed by atoms with van der Waals surface area (Å²) in [5.41, 5.74) is 0.297.